The summed E-state index contributed by atoms with van der Waals surface area (Å²) in [4.78, 5) is 2.43. The van der Waals surface area contributed by atoms with Gasteiger partial charge in [0.05, 0.1) is 5.00 Å². The van der Waals surface area contributed by atoms with Crippen LogP contribution in [0.3, 0.4) is 0 Å². The predicted molar refractivity (Wildman–Crippen MR) is 181 cm³/mol. The summed E-state index contributed by atoms with van der Waals surface area (Å²) in [5.41, 5.74) is 11.3. The number of nitrogens with zero attached hydrogens (tertiary/aromatic N) is 1. The molecule has 0 radical (unpaired) electrons. The van der Waals surface area contributed by atoms with Gasteiger partial charge in [-0.1, -0.05) is 109 Å². The maximum Gasteiger partial charge on any atom is 0.124 e. The van der Waals surface area contributed by atoms with Crippen LogP contribution in [0.25, 0.3) is 60.3 Å². The van der Waals surface area contributed by atoms with Crippen LogP contribution in [0.15, 0.2) is 140 Å². The number of rotatable bonds is 4. The van der Waals surface area contributed by atoms with E-state index in [-0.39, 0.29) is 6.17 Å². The zero-order valence-corrected chi connectivity index (χ0v) is 23.6. The Hall–Kier alpha value is -5.12. The zero-order chi connectivity index (χ0) is 27.6. The molecule has 0 amide bonds. The van der Waals surface area contributed by atoms with Gasteiger partial charge in [0.25, 0.3) is 0 Å². The molecule has 0 fully saturated rings. The highest BCUT2D eigenvalue weighted by atomic mass is 32.1. The highest BCUT2D eigenvalue weighted by Crippen LogP contribution is 2.49. The van der Waals surface area contributed by atoms with Crippen LogP contribution in [0.2, 0.25) is 0 Å². The second-order valence-corrected chi connectivity index (χ2v) is 12.1. The molecule has 1 unspecified atom stereocenters. The van der Waals surface area contributed by atoms with E-state index < -0.39 is 0 Å². The number of benzene rings is 6. The number of fused-ring (bicyclic) bond motifs is 6. The lowest BCUT2D eigenvalue weighted by Crippen LogP contribution is -2.37. The highest BCUT2D eigenvalue weighted by Gasteiger charge is 2.27. The van der Waals surface area contributed by atoms with Crippen molar-refractivity contribution in [2.24, 2.45) is 0 Å². The number of nitrogens with one attached hydrogen (secondary N) is 1. The molecule has 1 N–H and O–H groups in total. The third kappa shape index (κ3) is 3.57. The van der Waals surface area contributed by atoms with E-state index in [1.165, 1.54) is 64.8 Å². The molecule has 0 bridgehead atoms. The van der Waals surface area contributed by atoms with Crippen molar-refractivity contribution in [3.63, 3.8) is 0 Å². The summed E-state index contributed by atoms with van der Waals surface area (Å²) in [7, 11) is 0. The number of anilines is 3. The van der Waals surface area contributed by atoms with E-state index in [9.17, 15) is 0 Å². The fraction of sp³-hybridized carbons (Fsp3) is 0.0256. The van der Waals surface area contributed by atoms with Gasteiger partial charge in [0.2, 0.25) is 0 Å². The van der Waals surface area contributed by atoms with Gasteiger partial charge in [-0.2, -0.15) is 0 Å². The lowest BCUT2D eigenvalue weighted by molar-refractivity contribution is 0.881. The van der Waals surface area contributed by atoms with Crippen LogP contribution < -0.4 is 10.2 Å². The van der Waals surface area contributed by atoms with Crippen molar-refractivity contribution in [1.82, 2.24) is 0 Å². The Labute approximate surface area is 248 Å². The smallest absolute Gasteiger partial charge is 0.124 e. The van der Waals surface area contributed by atoms with Crippen molar-refractivity contribution in [3.05, 3.63) is 145 Å². The minimum Gasteiger partial charge on any atom is -0.353 e. The van der Waals surface area contributed by atoms with E-state index in [1.54, 1.807) is 0 Å². The van der Waals surface area contributed by atoms with Crippen LogP contribution in [0, 0.1) is 0 Å². The van der Waals surface area contributed by atoms with Gasteiger partial charge in [0, 0.05) is 27.0 Å². The molecule has 1 atom stereocenters. The Morgan fingerprint density at radius 2 is 1.29 bits per heavy atom. The topological polar surface area (TPSA) is 15.3 Å². The molecule has 3 heteroatoms. The van der Waals surface area contributed by atoms with Gasteiger partial charge < -0.3 is 10.2 Å². The number of hydrogen-bond donors (Lipinski definition) is 1. The maximum atomic E-state index is 3.89. The molecule has 1 aliphatic carbocycles. The summed E-state index contributed by atoms with van der Waals surface area (Å²) in [5, 5.41) is 9.07. The standard InChI is InChI=1S/C39H26N2S/c1-2-8-25(9-3-1)26-16-18-28(19-17-26)41(37-23-22-34-31-12-4-5-15-36(31)42-39(34)40-37)29-20-21-30-32-13-6-10-27-11-7-14-33(38(27)32)35(30)24-29/h1-24,37,40H. The minimum absolute atomic E-state index is 0.0363. The molecule has 2 heterocycles. The van der Waals surface area contributed by atoms with Crippen molar-refractivity contribution >= 4 is 54.6 Å². The van der Waals surface area contributed by atoms with Gasteiger partial charge in [0.15, 0.2) is 0 Å². The van der Waals surface area contributed by atoms with Gasteiger partial charge in [-0.3, -0.25) is 0 Å². The third-order valence-electron chi connectivity index (χ3n) is 8.66. The third-order valence-corrected chi connectivity index (χ3v) is 9.77. The van der Waals surface area contributed by atoms with Crippen LogP contribution in [-0.4, -0.2) is 6.17 Å². The molecule has 6 aromatic carbocycles. The van der Waals surface area contributed by atoms with Crippen LogP contribution in [0.1, 0.15) is 5.56 Å². The summed E-state index contributed by atoms with van der Waals surface area (Å²) >= 11 is 1.83. The Kier molecular flexibility index (Phi) is 5.16. The largest absolute Gasteiger partial charge is 0.353 e. The fourth-order valence-corrected chi connectivity index (χ4v) is 7.83. The Balaban J connectivity index is 1.18. The van der Waals surface area contributed by atoms with E-state index in [4.69, 9.17) is 0 Å². The molecular weight excluding hydrogens is 529 g/mol. The molecule has 0 spiro atoms. The zero-order valence-electron chi connectivity index (χ0n) is 22.8. The van der Waals surface area contributed by atoms with Gasteiger partial charge in [-0.25, -0.2) is 0 Å². The fourth-order valence-electron chi connectivity index (χ4n) is 6.70. The molecule has 1 aromatic heterocycles. The average Bonchev–Trinajstić information content (AvgIpc) is 3.58. The summed E-state index contributed by atoms with van der Waals surface area (Å²) in [6, 6.07) is 48.5. The van der Waals surface area contributed by atoms with Gasteiger partial charge in [0.1, 0.15) is 6.17 Å². The molecule has 2 nitrogen and oxygen atoms in total. The highest BCUT2D eigenvalue weighted by molar-refractivity contribution is 7.23. The normalized spacial score (nSPS) is 14.5. The van der Waals surface area contributed by atoms with Gasteiger partial charge in [-0.15, -0.1) is 11.3 Å². The Bertz CT molecular complexity index is 2170. The van der Waals surface area contributed by atoms with Crippen molar-refractivity contribution in [1.29, 1.82) is 0 Å². The monoisotopic (exact) mass is 554 g/mol. The lowest BCUT2D eigenvalue weighted by Gasteiger charge is -2.35. The summed E-state index contributed by atoms with van der Waals surface area (Å²) < 4.78 is 1.31. The number of hydrogen-bond acceptors (Lipinski definition) is 3. The molecule has 42 heavy (non-hydrogen) atoms. The van der Waals surface area contributed by atoms with Gasteiger partial charge in [-0.05, 0) is 80.6 Å². The summed E-state index contributed by atoms with van der Waals surface area (Å²) in [6.45, 7) is 0. The van der Waals surface area contributed by atoms with Crippen molar-refractivity contribution in [2.75, 3.05) is 10.2 Å². The van der Waals surface area contributed by atoms with E-state index in [0.717, 1.165) is 11.4 Å². The van der Waals surface area contributed by atoms with Crippen LogP contribution >= 0.6 is 11.3 Å². The second-order valence-electron chi connectivity index (χ2n) is 11.0. The molecule has 7 aromatic rings. The second kappa shape index (κ2) is 9.20. The van der Waals surface area contributed by atoms with Crippen molar-refractivity contribution in [2.45, 2.75) is 6.17 Å². The van der Waals surface area contributed by atoms with E-state index in [0.29, 0.717) is 0 Å². The predicted octanol–water partition coefficient (Wildman–Crippen LogP) is 11.0. The Morgan fingerprint density at radius 3 is 2.12 bits per heavy atom. The molecular formula is C39H26N2S. The summed E-state index contributed by atoms with van der Waals surface area (Å²) in [6.07, 6.45) is 4.56. The minimum atomic E-state index is -0.0363. The first-order valence-corrected chi connectivity index (χ1v) is 15.2. The first-order chi connectivity index (χ1) is 20.8. The van der Waals surface area contributed by atoms with Crippen LogP contribution in [0.4, 0.5) is 16.4 Å². The van der Waals surface area contributed by atoms with Crippen molar-refractivity contribution in [3.8, 4) is 33.4 Å². The molecule has 0 saturated heterocycles. The van der Waals surface area contributed by atoms with Gasteiger partial charge >= 0.3 is 0 Å². The van der Waals surface area contributed by atoms with Crippen LogP contribution in [0.5, 0.6) is 0 Å². The van der Waals surface area contributed by atoms with E-state index in [1.807, 2.05) is 11.3 Å². The van der Waals surface area contributed by atoms with E-state index >= 15 is 0 Å². The van der Waals surface area contributed by atoms with Crippen molar-refractivity contribution < 1.29 is 0 Å². The number of thiophene rings is 1. The quantitative estimate of drug-likeness (QED) is 0.233. The average molecular weight is 555 g/mol. The molecule has 198 valence electrons. The first-order valence-electron chi connectivity index (χ1n) is 14.4. The van der Waals surface area contributed by atoms with Crippen LogP contribution in [-0.2, 0) is 0 Å². The first kappa shape index (κ1) is 23.6. The molecule has 0 saturated carbocycles. The molecule has 1 aliphatic heterocycles. The molecule has 9 rings (SSSR count). The lowest BCUT2D eigenvalue weighted by atomic mass is 10.0. The SMILES string of the molecule is C1=CC(N(c2ccc(-c3ccccc3)cc2)c2ccc3c(c2)-c2cccc4cccc-3c24)Nc2sc3ccccc3c21. The van der Waals surface area contributed by atoms with E-state index in [2.05, 4.69) is 156 Å². The molecule has 2 aliphatic rings. The Morgan fingerprint density at radius 1 is 0.571 bits per heavy atom. The maximum absolute atomic E-state index is 3.89. The summed E-state index contributed by atoms with van der Waals surface area (Å²) in [5.74, 6) is 0.